The molecule has 124 valence electrons. The number of para-hydroxylation sites is 1. The molecule has 0 spiro atoms. The molecule has 1 aliphatic heterocycles. The Balaban J connectivity index is 1.75. The van der Waals surface area contributed by atoms with Crippen molar-refractivity contribution in [1.82, 2.24) is 0 Å². The van der Waals surface area contributed by atoms with Crippen molar-refractivity contribution in [3.05, 3.63) is 65.2 Å². The average Bonchev–Trinajstić information content (AvgIpc) is 2.89. The lowest BCUT2D eigenvalue weighted by Gasteiger charge is -2.26. The van der Waals surface area contributed by atoms with Gasteiger partial charge in [-0.25, -0.2) is 4.79 Å². The van der Waals surface area contributed by atoms with Gasteiger partial charge in [-0.1, -0.05) is 35.9 Å². The van der Waals surface area contributed by atoms with E-state index in [1.165, 1.54) is 0 Å². The van der Waals surface area contributed by atoms with Crippen LogP contribution < -0.4 is 4.90 Å². The quantitative estimate of drug-likeness (QED) is 0.812. The summed E-state index contributed by atoms with van der Waals surface area (Å²) in [7, 11) is 0. The van der Waals surface area contributed by atoms with E-state index in [1.807, 2.05) is 44.2 Å². The fourth-order valence-corrected chi connectivity index (χ4v) is 3.15. The maximum absolute atomic E-state index is 12.8. The van der Waals surface area contributed by atoms with Gasteiger partial charge in [-0.05, 0) is 51.0 Å². The second-order valence-electron chi connectivity index (χ2n) is 6.31. The Bertz CT molecular complexity index is 784. The Morgan fingerprint density at radius 3 is 2.67 bits per heavy atom. The van der Waals surface area contributed by atoms with Crippen LogP contribution in [0.1, 0.15) is 35.3 Å². The van der Waals surface area contributed by atoms with Crippen LogP contribution in [-0.2, 0) is 16.0 Å². The average molecular weight is 323 g/mol. The van der Waals surface area contributed by atoms with Crippen LogP contribution in [0.3, 0.4) is 0 Å². The van der Waals surface area contributed by atoms with Crippen molar-refractivity contribution in [1.29, 1.82) is 0 Å². The molecule has 3 rings (SSSR count). The predicted molar refractivity (Wildman–Crippen MR) is 93.2 cm³/mol. The van der Waals surface area contributed by atoms with Gasteiger partial charge in [0.05, 0.1) is 5.56 Å². The second kappa shape index (κ2) is 6.48. The van der Waals surface area contributed by atoms with Gasteiger partial charge in [0.25, 0.3) is 5.91 Å². The number of carbonyl (C=O) groups excluding carboxylic acids is 2. The van der Waals surface area contributed by atoms with Crippen LogP contribution in [-0.4, -0.2) is 24.0 Å². The number of aryl methyl sites for hydroxylation is 1. The van der Waals surface area contributed by atoms with Crippen LogP contribution in [0.25, 0.3) is 0 Å². The Kier molecular flexibility index (Phi) is 4.38. The van der Waals surface area contributed by atoms with Gasteiger partial charge in [-0.2, -0.15) is 0 Å². The van der Waals surface area contributed by atoms with Gasteiger partial charge in [-0.15, -0.1) is 0 Å². The summed E-state index contributed by atoms with van der Waals surface area (Å²) < 4.78 is 5.40. The van der Waals surface area contributed by atoms with Crippen molar-refractivity contribution in [3.63, 3.8) is 0 Å². The molecule has 0 saturated carbocycles. The van der Waals surface area contributed by atoms with E-state index >= 15 is 0 Å². The van der Waals surface area contributed by atoms with E-state index in [0.29, 0.717) is 5.56 Å². The molecule has 2 aromatic carbocycles. The Morgan fingerprint density at radius 2 is 1.92 bits per heavy atom. The van der Waals surface area contributed by atoms with Crippen molar-refractivity contribution < 1.29 is 14.3 Å². The third-order valence-corrected chi connectivity index (χ3v) is 4.33. The van der Waals surface area contributed by atoms with Crippen molar-refractivity contribution in [2.24, 2.45) is 0 Å². The Hall–Kier alpha value is -2.62. The van der Waals surface area contributed by atoms with E-state index in [1.54, 1.807) is 30.0 Å². The molecule has 0 fully saturated rings. The maximum Gasteiger partial charge on any atom is 0.338 e. The molecule has 0 saturated heterocycles. The van der Waals surface area contributed by atoms with Gasteiger partial charge < -0.3 is 9.64 Å². The first-order chi connectivity index (χ1) is 11.5. The minimum absolute atomic E-state index is 0.0648. The predicted octanol–water partition coefficient (Wildman–Crippen LogP) is 3.52. The minimum atomic E-state index is -0.827. The fraction of sp³-hybridized carbons (Fsp3) is 0.300. The van der Waals surface area contributed by atoms with Crippen LogP contribution in [0.4, 0.5) is 5.69 Å². The highest BCUT2D eigenvalue weighted by atomic mass is 16.5. The number of nitrogens with zero attached hydrogens (tertiary/aromatic N) is 1. The smallest absolute Gasteiger partial charge is 0.338 e. The lowest BCUT2D eigenvalue weighted by atomic mass is 10.1. The van der Waals surface area contributed by atoms with E-state index in [9.17, 15) is 9.59 Å². The summed E-state index contributed by atoms with van der Waals surface area (Å²) >= 11 is 0. The van der Waals surface area contributed by atoms with E-state index in [2.05, 4.69) is 0 Å². The summed E-state index contributed by atoms with van der Waals surface area (Å²) in [5, 5.41) is 0. The number of rotatable bonds is 3. The number of fused-ring (bicyclic) bond motifs is 1. The lowest BCUT2D eigenvalue weighted by molar-refractivity contribution is -0.126. The van der Waals surface area contributed by atoms with Crippen molar-refractivity contribution in [2.45, 2.75) is 39.3 Å². The van der Waals surface area contributed by atoms with E-state index < -0.39 is 12.1 Å². The zero-order valence-electron chi connectivity index (χ0n) is 14.2. The van der Waals surface area contributed by atoms with Crippen LogP contribution in [0.5, 0.6) is 0 Å². The summed E-state index contributed by atoms with van der Waals surface area (Å²) in [6.07, 6.45) is -0.00730. The van der Waals surface area contributed by atoms with Crippen LogP contribution in [0, 0.1) is 6.92 Å². The fourth-order valence-electron chi connectivity index (χ4n) is 3.15. The van der Waals surface area contributed by atoms with Gasteiger partial charge >= 0.3 is 5.97 Å². The van der Waals surface area contributed by atoms with Gasteiger partial charge in [0.15, 0.2) is 6.10 Å². The molecule has 0 radical (unpaired) electrons. The Labute approximate surface area is 142 Å². The molecular formula is C20H21NO3. The van der Waals surface area contributed by atoms with Gasteiger partial charge in [0.2, 0.25) is 0 Å². The van der Waals surface area contributed by atoms with Gasteiger partial charge in [0.1, 0.15) is 0 Å². The molecule has 2 atom stereocenters. The molecule has 2 aromatic rings. The molecule has 0 bridgehead atoms. The summed E-state index contributed by atoms with van der Waals surface area (Å²) in [6.45, 7) is 5.55. The third kappa shape index (κ3) is 3.04. The summed E-state index contributed by atoms with van der Waals surface area (Å²) in [4.78, 5) is 26.8. The van der Waals surface area contributed by atoms with Gasteiger partial charge in [-0.3, -0.25) is 4.79 Å². The molecule has 24 heavy (non-hydrogen) atoms. The zero-order chi connectivity index (χ0) is 17.3. The number of hydrogen-bond donors (Lipinski definition) is 0. The SMILES string of the molecule is Cc1cccc(C(=O)O[C@H](C)C(=O)N2c3ccccc3C[C@H]2C)c1. The second-order valence-corrected chi connectivity index (χ2v) is 6.31. The number of ether oxygens (including phenoxy) is 1. The highest BCUT2D eigenvalue weighted by Gasteiger charge is 2.34. The van der Waals surface area contributed by atoms with Crippen LogP contribution in [0.2, 0.25) is 0 Å². The highest BCUT2D eigenvalue weighted by molar-refractivity contribution is 6.00. The minimum Gasteiger partial charge on any atom is -0.449 e. The van der Waals surface area contributed by atoms with E-state index in [-0.39, 0.29) is 11.9 Å². The number of carbonyl (C=O) groups is 2. The zero-order valence-corrected chi connectivity index (χ0v) is 14.2. The molecule has 0 aromatic heterocycles. The number of benzene rings is 2. The molecular weight excluding hydrogens is 302 g/mol. The van der Waals surface area contributed by atoms with Crippen LogP contribution >= 0.6 is 0 Å². The topological polar surface area (TPSA) is 46.6 Å². The molecule has 0 aliphatic carbocycles. The van der Waals surface area contributed by atoms with Gasteiger partial charge in [0, 0.05) is 11.7 Å². The van der Waals surface area contributed by atoms with Crippen molar-refractivity contribution in [2.75, 3.05) is 4.90 Å². The molecule has 4 nitrogen and oxygen atoms in total. The lowest BCUT2D eigenvalue weighted by Crippen LogP contribution is -2.43. The normalized spacial score (nSPS) is 17.3. The first kappa shape index (κ1) is 16.2. The maximum atomic E-state index is 12.8. The standard InChI is InChI=1S/C20H21NO3/c1-13-7-6-9-17(11-13)20(23)24-15(3)19(22)21-14(2)12-16-8-4-5-10-18(16)21/h4-11,14-15H,12H2,1-3H3/t14-,15-/m1/s1. The van der Waals surface area contributed by atoms with Crippen molar-refractivity contribution >= 4 is 17.6 Å². The highest BCUT2D eigenvalue weighted by Crippen LogP contribution is 2.32. The number of anilines is 1. The summed E-state index contributed by atoms with van der Waals surface area (Å²) in [5.41, 5.74) is 3.50. The molecule has 1 amide bonds. The largest absolute Gasteiger partial charge is 0.449 e. The molecule has 4 heteroatoms. The van der Waals surface area contributed by atoms with Crippen molar-refractivity contribution in [3.8, 4) is 0 Å². The number of amides is 1. The first-order valence-electron chi connectivity index (χ1n) is 8.16. The monoisotopic (exact) mass is 323 g/mol. The first-order valence-corrected chi connectivity index (χ1v) is 8.16. The molecule has 1 aliphatic rings. The third-order valence-electron chi connectivity index (χ3n) is 4.33. The number of esters is 1. The van der Waals surface area contributed by atoms with E-state index in [0.717, 1.165) is 23.2 Å². The van der Waals surface area contributed by atoms with E-state index in [4.69, 9.17) is 4.74 Å². The summed E-state index contributed by atoms with van der Waals surface area (Å²) in [6, 6.07) is 15.1. The number of hydrogen-bond acceptors (Lipinski definition) is 3. The Morgan fingerprint density at radius 1 is 1.17 bits per heavy atom. The molecule has 0 N–H and O–H groups in total. The molecule has 1 heterocycles. The van der Waals surface area contributed by atoms with Crippen LogP contribution in [0.15, 0.2) is 48.5 Å². The molecule has 0 unspecified atom stereocenters. The summed E-state index contributed by atoms with van der Waals surface area (Å²) in [5.74, 6) is -0.659.